The van der Waals surface area contributed by atoms with Gasteiger partial charge in [-0.3, -0.25) is 9.59 Å². The zero-order valence-corrected chi connectivity index (χ0v) is 18.3. The maximum Gasteiger partial charge on any atom is 0.234 e. The zero-order valence-electron chi connectivity index (χ0n) is 17.4. The standard InChI is InChI=1S/C24H28N2O4S/c27-23(25-21-13-16-31(29,30)17-21)20-11-14-26(15-12-20)24(28)22(18-7-3-1-4-8-18)19-9-5-2-6-10-19/h1-10,20-22H,11-17H2,(H,25,27)/t21-/m1/s1. The number of carbonyl (C=O) groups excluding carboxylic acids is 2. The molecule has 2 aliphatic heterocycles. The second-order valence-corrected chi connectivity index (χ2v) is 10.7. The van der Waals surface area contributed by atoms with Crippen molar-refractivity contribution < 1.29 is 18.0 Å². The molecule has 0 unspecified atom stereocenters. The van der Waals surface area contributed by atoms with E-state index < -0.39 is 9.84 Å². The highest BCUT2D eigenvalue weighted by atomic mass is 32.2. The van der Waals surface area contributed by atoms with Gasteiger partial charge in [0, 0.05) is 25.0 Å². The van der Waals surface area contributed by atoms with Crippen LogP contribution in [0.25, 0.3) is 0 Å². The molecule has 6 nitrogen and oxygen atoms in total. The highest BCUT2D eigenvalue weighted by Crippen LogP contribution is 2.29. The largest absolute Gasteiger partial charge is 0.352 e. The molecule has 2 amide bonds. The van der Waals surface area contributed by atoms with Gasteiger partial charge in [0.25, 0.3) is 0 Å². The molecule has 0 aromatic heterocycles. The molecular formula is C24H28N2O4S. The Kier molecular flexibility index (Phi) is 6.41. The van der Waals surface area contributed by atoms with Crippen molar-refractivity contribution in [2.24, 2.45) is 5.92 Å². The predicted octanol–water partition coefficient (Wildman–Crippen LogP) is 2.36. The van der Waals surface area contributed by atoms with Crippen LogP contribution >= 0.6 is 0 Å². The number of likely N-dealkylation sites (tertiary alicyclic amines) is 1. The Morgan fingerprint density at radius 3 is 1.90 bits per heavy atom. The Labute approximate surface area is 183 Å². The first-order valence-electron chi connectivity index (χ1n) is 10.8. The molecule has 31 heavy (non-hydrogen) atoms. The Morgan fingerprint density at radius 2 is 1.42 bits per heavy atom. The fraction of sp³-hybridized carbons (Fsp3) is 0.417. The summed E-state index contributed by atoms with van der Waals surface area (Å²) in [5, 5.41) is 2.90. The topological polar surface area (TPSA) is 83.6 Å². The normalized spacial score (nSPS) is 21.2. The van der Waals surface area contributed by atoms with Crippen LogP contribution in [-0.4, -0.2) is 55.8 Å². The van der Waals surface area contributed by atoms with E-state index in [9.17, 15) is 18.0 Å². The second kappa shape index (κ2) is 9.22. The van der Waals surface area contributed by atoms with Gasteiger partial charge in [0.2, 0.25) is 11.8 Å². The molecule has 0 radical (unpaired) electrons. The lowest BCUT2D eigenvalue weighted by atomic mass is 9.88. The van der Waals surface area contributed by atoms with Gasteiger partial charge in [0.05, 0.1) is 17.4 Å². The van der Waals surface area contributed by atoms with E-state index in [1.54, 1.807) is 0 Å². The maximum absolute atomic E-state index is 13.5. The Hall–Kier alpha value is -2.67. The van der Waals surface area contributed by atoms with Crippen molar-refractivity contribution in [3.8, 4) is 0 Å². The molecule has 1 N–H and O–H groups in total. The van der Waals surface area contributed by atoms with Crippen molar-refractivity contribution in [1.29, 1.82) is 0 Å². The molecule has 0 saturated carbocycles. The van der Waals surface area contributed by atoms with Crippen LogP contribution < -0.4 is 5.32 Å². The average Bonchev–Trinajstić information content (AvgIpc) is 3.13. The summed E-state index contributed by atoms with van der Waals surface area (Å²) in [6.45, 7) is 1.05. The van der Waals surface area contributed by atoms with Crippen molar-refractivity contribution in [2.45, 2.75) is 31.2 Å². The van der Waals surface area contributed by atoms with Gasteiger partial charge in [-0.15, -0.1) is 0 Å². The molecule has 1 atom stereocenters. The minimum Gasteiger partial charge on any atom is -0.352 e. The quantitative estimate of drug-likeness (QED) is 0.774. The Balaban J connectivity index is 1.40. The fourth-order valence-corrected chi connectivity index (χ4v) is 6.21. The van der Waals surface area contributed by atoms with Crippen molar-refractivity contribution >= 4 is 21.7 Å². The SMILES string of the molecule is O=C(N[C@@H]1CCS(=O)(=O)C1)C1CCN(C(=O)C(c2ccccc2)c2ccccc2)CC1. The van der Waals surface area contributed by atoms with E-state index in [-0.39, 0.29) is 41.2 Å². The molecule has 0 aliphatic carbocycles. The van der Waals surface area contributed by atoms with Gasteiger partial charge < -0.3 is 10.2 Å². The van der Waals surface area contributed by atoms with Gasteiger partial charge in [-0.25, -0.2) is 8.42 Å². The van der Waals surface area contributed by atoms with Gasteiger partial charge in [0.1, 0.15) is 0 Å². The number of nitrogens with zero attached hydrogens (tertiary/aromatic N) is 1. The van der Waals surface area contributed by atoms with Crippen LogP contribution in [0.4, 0.5) is 0 Å². The highest BCUT2D eigenvalue weighted by Gasteiger charge is 2.34. The first kappa shape index (κ1) is 21.6. The van der Waals surface area contributed by atoms with E-state index in [1.807, 2.05) is 65.6 Å². The van der Waals surface area contributed by atoms with Crippen molar-refractivity contribution in [1.82, 2.24) is 10.2 Å². The van der Waals surface area contributed by atoms with Gasteiger partial charge in [0.15, 0.2) is 9.84 Å². The van der Waals surface area contributed by atoms with Crippen LogP contribution in [0.2, 0.25) is 0 Å². The van der Waals surface area contributed by atoms with E-state index in [2.05, 4.69) is 5.32 Å². The summed E-state index contributed by atoms with van der Waals surface area (Å²) in [5.41, 5.74) is 1.92. The number of sulfone groups is 1. The van der Waals surface area contributed by atoms with E-state index in [0.717, 1.165) is 11.1 Å². The lowest BCUT2D eigenvalue weighted by Crippen LogP contribution is -2.46. The third-order valence-corrected chi connectivity index (χ3v) is 8.04. The maximum atomic E-state index is 13.5. The number of carbonyl (C=O) groups is 2. The number of hydrogen-bond acceptors (Lipinski definition) is 4. The molecule has 2 fully saturated rings. The van der Waals surface area contributed by atoms with Crippen LogP contribution in [0, 0.1) is 5.92 Å². The number of hydrogen-bond donors (Lipinski definition) is 1. The monoisotopic (exact) mass is 440 g/mol. The van der Waals surface area contributed by atoms with Gasteiger partial charge in [-0.2, -0.15) is 0 Å². The molecule has 164 valence electrons. The molecule has 2 aromatic rings. The number of rotatable bonds is 5. The number of amides is 2. The molecule has 2 aliphatic rings. The van der Waals surface area contributed by atoms with Crippen LogP contribution in [0.3, 0.4) is 0 Å². The lowest BCUT2D eigenvalue weighted by Gasteiger charge is -2.34. The minimum atomic E-state index is -3.02. The smallest absolute Gasteiger partial charge is 0.234 e. The molecule has 2 aromatic carbocycles. The van der Waals surface area contributed by atoms with E-state index >= 15 is 0 Å². The summed E-state index contributed by atoms with van der Waals surface area (Å²) in [7, 11) is -3.02. The van der Waals surface area contributed by atoms with Gasteiger partial charge in [-0.1, -0.05) is 60.7 Å². The molecule has 7 heteroatoms. The average molecular weight is 441 g/mol. The fourth-order valence-electron chi connectivity index (χ4n) is 4.54. The summed E-state index contributed by atoms with van der Waals surface area (Å²) < 4.78 is 23.2. The number of nitrogens with one attached hydrogen (secondary N) is 1. The summed E-state index contributed by atoms with van der Waals surface area (Å²) in [6, 6.07) is 19.3. The van der Waals surface area contributed by atoms with Crippen LogP contribution in [0.1, 0.15) is 36.3 Å². The summed E-state index contributed by atoms with van der Waals surface area (Å²) in [4.78, 5) is 27.9. The lowest BCUT2D eigenvalue weighted by molar-refractivity contribution is -0.136. The van der Waals surface area contributed by atoms with Crippen molar-refractivity contribution in [3.63, 3.8) is 0 Å². The Bertz CT molecular complexity index is 977. The Morgan fingerprint density at radius 1 is 0.871 bits per heavy atom. The van der Waals surface area contributed by atoms with E-state index in [0.29, 0.717) is 32.4 Å². The van der Waals surface area contributed by atoms with Crippen LogP contribution in [-0.2, 0) is 19.4 Å². The first-order chi connectivity index (χ1) is 14.9. The van der Waals surface area contributed by atoms with Crippen LogP contribution in [0.15, 0.2) is 60.7 Å². The third-order valence-electron chi connectivity index (χ3n) is 6.27. The van der Waals surface area contributed by atoms with E-state index in [4.69, 9.17) is 0 Å². The van der Waals surface area contributed by atoms with Gasteiger partial charge in [-0.05, 0) is 30.4 Å². The molecule has 2 saturated heterocycles. The predicted molar refractivity (Wildman–Crippen MR) is 119 cm³/mol. The molecule has 0 bridgehead atoms. The second-order valence-electron chi connectivity index (χ2n) is 8.46. The molecule has 2 heterocycles. The molecule has 0 spiro atoms. The van der Waals surface area contributed by atoms with Crippen LogP contribution in [0.5, 0.6) is 0 Å². The van der Waals surface area contributed by atoms with Crippen molar-refractivity contribution in [3.05, 3.63) is 71.8 Å². The minimum absolute atomic E-state index is 0.0336. The summed E-state index contributed by atoms with van der Waals surface area (Å²) in [5.74, 6) is -0.400. The highest BCUT2D eigenvalue weighted by molar-refractivity contribution is 7.91. The summed E-state index contributed by atoms with van der Waals surface area (Å²) >= 11 is 0. The van der Waals surface area contributed by atoms with E-state index in [1.165, 1.54) is 0 Å². The number of piperidine rings is 1. The third kappa shape index (κ3) is 5.15. The van der Waals surface area contributed by atoms with Crippen molar-refractivity contribution in [2.75, 3.05) is 24.6 Å². The number of benzene rings is 2. The molecule has 4 rings (SSSR count). The van der Waals surface area contributed by atoms with Gasteiger partial charge >= 0.3 is 0 Å². The summed E-state index contributed by atoms with van der Waals surface area (Å²) in [6.07, 6.45) is 1.67. The molecular weight excluding hydrogens is 412 g/mol. The zero-order chi connectivity index (χ0) is 21.8. The first-order valence-corrected chi connectivity index (χ1v) is 12.6.